The van der Waals surface area contributed by atoms with Crippen molar-refractivity contribution in [3.63, 3.8) is 0 Å². The van der Waals surface area contributed by atoms with E-state index in [9.17, 15) is 4.39 Å². The van der Waals surface area contributed by atoms with Crippen LogP contribution in [0.25, 0.3) is 5.69 Å². The van der Waals surface area contributed by atoms with Crippen LogP contribution in [0.4, 0.5) is 4.39 Å². The number of ether oxygens (including phenoxy) is 1. The number of benzene rings is 1. The minimum absolute atomic E-state index is 0.312. The van der Waals surface area contributed by atoms with Crippen LogP contribution >= 0.6 is 27.5 Å². The summed E-state index contributed by atoms with van der Waals surface area (Å²) < 4.78 is 20.8. The third-order valence-corrected chi connectivity index (χ3v) is 3.44. The molecule has 0 aliphatic carbocycles. The van der Waals surface area contributed by atoms with Crippen molar-refractivity contribution >= 4 is 27.5 Å². The van der Waals surface area contributed by atoms with Gasteiger partial charge in [0, 0.05) is 11.6 Å². The Labute approximate surface area is 111 Å². The molecule has 0 saturated heterocycles. The van der Waals surface area contributed by atoms with Crippen LogP contribution in [0.3, 0.4) is 0 Å². The molecule has 0 aliphatic rings. The van der Waals surface area contributed by atoms with E-state index in [-0.39, 0.29) is 5.82 Å². The second-order valence-electron chi connectivity index (χ2n) is 3.32. The van der Waals surface area contributed by atoms with Crippen molar-refractivity contribution < 1.29 is 9.13 Å². The fraction of sp³-hybridized carbons (Fsp3) is 0.182. The number of hydrogen-bond acceptors (Lipinski definition) is 2. The number of rotatable bonds is 3. The molecule has 1 heterocycles. The van der Waals surface area contributed by atoms with Gasteiger partial charge < -0.3 is 4.74 Å². The van der Waals surface area contributed by atoms with E-state index in [1.807, 2.05) is 0 Å². The lowest BCUT2D eigenvalue weighted by Gasteiger charge is -2.07. The summed E-state index contributed by atoms with van der Waals surface area (Å²) in [4.78, 5) is 0. The fourth-order valence-electron chi connectivity index (χ4n) is 1.41. The van der Waals surface area contributed by atoms with Gasteiger partial charge in [0.05, 0.1) is 19.2 Å². The van der Waals surface area contributed by atoms with Gasteiger partial charge in [0.2, 0.25) is 0 Å². The van der Waals surface area contributed by atoms with E-state index in [1.165, 1.54) is 17.9 Å². The van der Waals surface area contributed by atoms with Crippen LogP contribution in [0.2, 0.25) is 0 Å². The number of aromatic nitrogens is 2. The van der Waals surface area contributed by atoms with Gasteiger partial charge in [-0.25, -0.2) is 9.07 Å². The van der Waals surface area contributed by atoms with E-state index < -0.39 is 0 Å². The molecule has 0 aliphatic heterocycles. The Balaban J connectivity index is 2.55. The van der Waals surface area contributed by atoms with Crippen LogP contribution in [-0.2, 0) is 5.88 Å². The average Bonchev–Trinajstić information content (AvgIpc) is 2.71. The number of methoxy groups -OCH3 is 1. The number of nitrogens with zero attached hydrogens (tertiary/aromatic N) is 2. The third-order valence-electron chi connectivity index (χ3n) is 2.31. The summed E-state index contributed by atoms with van der Waals surface area (Å²) in [7, 11) is 1.53. The largest absolute Gasteiger partial charge is 0.497 e. The molecule has 1 aromatic heterocycles. The van der Waals surface area contributed by atoms with Gasteiger partial charge in [-0.05, 0) is 28.1 Å². The summed E-state index contributed by atoms with van der Waals surface area (Å²) in [5.74, 6) is 0.499. The molecule has 0 radical (unpaired) electrons. The zero-order valence-corrected chi connectivity index (χ0v) is 11.3. The van der Waals surface area contributed by atoms with Gasteiger partial charge in [0.1, 0.15) is 21.9 Å². The Hall–Kier alpha value is -1.07. The van der Waals surface area contributed by atoms with E-state index in [0.717, 1.165) is 5.56 Å². The monoisotopic (exact) mass is 318 g/mol. The molecule has 1 aromatic carbocycles. The highest BCUT2D eigenvalue weighted by Crippen LogP contribution is 2.26. The van der Waals surface area contributed by atoms with Crippen molar-refractivity contribution in [3.05, 3.63) is 40.4 Å². The van der Waals surface area contributed by atoms with Crippen molar-refractivity contribution in [1.29, 1.82) is 0 Å². The summed E-state index contributed by atoms with van der Waals surface area (Å²) >= 11 is 9.07. The molecule has 6 heteroatoms. The Morgan fingerprint density at radius 2 is 2.29 bits per heavy atom. The third kappa shape index (κ3) is 2.30. The fourth-order valence-corrected chi connectivity index (χ4v) is 2.29. The summed E-state index contributed by atoms with van der Waals surface area (Å²) in [6.07, 6.45) is 1.59. The number of halogens is 3. The van der Waals surface area contributed by atoms with Crippen LogP contribution in [0.5, 0.6) is 5.75 Å². The predicted octanol–water partition coefficient (Wildman–Crippen LogP) is 3.52. The molecule has 90 valence electrons. The predicted molar refractivity (Wildman–Crippen MR) is 67.3 cm³/mol. The van der Waals surface area contributed by atoms with Crippen molar-refractivity contribution in [2.75, 3.05) is 7.11 Å². The molecule has 0 N–H and O–H groups in total. The molecule has 0 saturated carbocycles. The Kier molecular flexibility index (Phi) is 3.69. The maximum atomic E-state index is 13.7. The first kappa shape index (κ1) is 12.4. The molecule has 3 nitrogen and oxygen atoms in total. The normalized spacial score (nSPS) is 10.6. The summed E-state index contributed by atoms with van der Waals surface area (Å²) in [5.41, 5.74) is 1.11. The van der Waals surface area contributed by atoms with Crippen LogP contribution in [0.15, 0.2) is 29.0 Å². The number of alkyl halides is 1. The zero-order chi connectivity index (χ0) is 12.4. The highest BCUT2D eigenvalue weighted by molar-refractivity contribution is 9.10. The first-order chi connectivity index (χ1) is 8.17. The Bertz CT molecular complexity index is 544. The van der Waals surface area contributed by atoms with Gasteiger partial charge in [-0.3, -0.25) is 0 Å². The Morgan fingerprint density at radius 1 is 1.53 bits per heavy atom. The molecule has 17 heavy (non-hydrogen) atoms. The van der Waals surface area contributed by atoms with Gasteiger partial charge in [-0.1, -0.05) is 0 Å². The van der Waals surface area contributed by atoms with Crippen LogP contribution < -0.4 is 4.74 Å². The van der Waals surface area contributed by atoms with E-state index in [0.29, 0.717) is 21.9 Å². The highest BCUT2D eigenvalue weighted by Gasteiger charge is 2.13. The minimum Gasteiger partial charge on any atom is -0.497 e. The van der Waals surface area contributed by atoms with Crippen molar-refractivity contribution in [3.8, 4) is 11.4 Å². The highest BCUT2D eigenvalue weighted by atomic mass is 79.9. The SMILES string of the molecule is COc1ccc(F)c(-n2ncc(CCl)c2Br)c1. The lowest BCUT2D eigenvalue weighted by Crippen LogP contribution is -2.01. The number of hydrogen-bond donors (Lipinski definition) is 0. The standard InChI is InChI=1S/C11H9BrClFN2O/c1-17-8-2-3-9(14)10(4-8)16-11(12)7(5-13)6-15-16/h2-4,6H,5H2,1H3. The molecule has 0 fully saturated rings. The minimum atomic E-state index is -0.379. The molecule has 0 bridgehead atoms. The van der Waals surface area contributed by atoms with Crippen molar-refractivity contribution in [2.45, 2.75) is 5.88 Å². The van der Waals surface area contributed by atoms with E-state index in [1.54, 1.807) is 18.3 Å². The first-order valence-corrected chi connectivity index (χ1v) is 6.12. The lowest BCUT2D eigenvalue weighted by atomic mass is 10.3. The van der Waals surface area contributed by atoms with E-state index in [2.05, 4.69) is 21.0 Å². The van der Waals surface area contributed by atoms with Crippen LogP contribution in [0, 0.1) is 5.82 Å². The molecule has 0 unspecified atom stereocenters. The lowest BCUT2D eigenvalue weighted by molar-refractivity contribution is 0.413. The molecule has 0 spiro atoms. The van der Waals surface area contributed by atoms with Crippen molar-refractivity contribution in [1.82, 2.24) is 9.78 Å². The molecule has 0 amide bonds. The van der Waals surface area contributed by atoms with Gasteiger partial charge in [-0.2, -0.15) is 5.10 Å². The maximum Gasteiger partial charge on any atom is 0.149 e. The van der Waals surface area contributed by atoms with Gasteiger partial charge in [0.25, 0.3) is 0 Å². The van der Waals surface area contributed by atoms with E-state index in [4.69, 9.17) is 16.3 Å². The maximum absolute atomic E-state index is 13.7. The quantitative estimate of drug-likeness (QED) is 0.809. The molecular weight excluding hydrogens is 310 g/mol. The van der Waals surface area contributed by atoms with Gasteiger partial charge in [-0.15, -0.1) is 11.6 Å². The molecule has 2 aromatic rings. The second kappa shape index (κ2) is 5.06. The average molecular weight is 320 g/mol. The smallest absolute Gasteiger partial charge is 0.149 e. The van der Waals surface area contributed by atoms with Crippen LogP contribution in [0.1, 0.15) is 5.56 Å². The molecule has 2 rings (SSSR count). The summed E-state index contributed by atoms with van der Waals surface area (Å²) in [6, 6.07) is 4.46. The first-order valence-electron chi connectivity index (χ1n) is 4.79. The molecule has 0 atom stereocenters. The van der Waals surface area contributed by atoms with Crippen LogP contribution in [-0.4, -0.2) is 16.9 Å². The molecular formula is C11H9BrClFN2O. The Morgan fingerprint density at radius 3 is 2.88 bits per heavy atom. The summed E-state index contributed by atoms with van der Waals surface area (Å²) in [5, 5.41) is 4.08. The second-order valence-corrected chi connectivity index (χ2v) is 4.34. The van der Waals surface area contributed by atoms with Gasteiger partial charge >= 0.3 is 0 Å². The van der Waals surface area contributed by atoms with E-state index >= 15 is 0 Å². The van der Waals surface area contributed by atoms with Gasteiger partial charge in [0.15, 0.2) is 0 Å². The topological polar surface area (TPSA) is 27.1 Å². The zero-order valence-electron chi connectivity index (χ0n) is 8.95. The van der Waals surface area contributed by atoms with Crippen molar-refractivity contribution in [2.24, 2.45) is 0 Å². The summed E-state index contributed by atoms with van der Waals surface area (Å²) in [6.45, 7) is 0.